The smallest absolute Gasteiger partial charge is 0.0236 e. The van der Waals surface area contributed by atoms with Gasteiger partial charge in [0.15, 0.2) is 0 Å². The van der Waals surface area contributed by atoms with Gasteiger partial charge in [-0.15, -0.1) is 0 Å². The van der Waals surface area contributed by atoms with Gasteiger partial charge in [-0.3, -0.25) is 4.90 Å². The van der Waals surface area contributed by atoms with Gasteiger partial charge in [0.25, 0.3) is 0 Å². The van der Waals surface area contributed by atoms with Crippen LogP contribution in [0.3, 0.4) is 0 Å². The van der Waals surface area contributed by atoms with Crippen molar-refractivity contribution in [2.24, 2.45) is 0 Å². The Balaban J connectivity index is 2.42. The number of benzene rings is 1. The number of nitrogens with one attached hydrogen (secondary N) is 1. The second kappa shape index (κ2) is 9.11. The molecule has 0 aliphatic carbocycles. The van der Waals surface area contributed by atoms with Crippen molar-refractivity contribution in [1.29, 1.82) is 0 Å². The van der Waals surface area contributed by atoms with Crippen LogP contribution in [0.15, 0.2) is 24.3 Å². The Morgan fingerprint density at radius 2 is 1.63 bits per heavy atom. The predicted octanol–water partition coefficient (Wildman–Crippen LogP) is 3.46. The minimum absolute atomic E-state index is 0.614. The van der Waals surface area contributed by atoms with E-state index in [2.05, 4.69) is 62.2 Å². The third-order valence-electron chi connectivity index (χ3n) is 3.56. The van der Waals surface area contributed by atoms with Crippen molar-refractivity contribution in [3.63, 3.8) is 0 Å². The Morgan fingerprint density at radius 1 is 1.00 bits per heavy atom. The summed E-state index contributed by atoms with van der Waals surface area (Å²) in [7, 11) is 0. The molecule has 19 heavy (non-hydrogen) atoms. The molecule has 2 heteroatoms. The first-order chi connectivity index (χ1) is 9.17. The molecule has 0 bridgehead atoms. The molecule has 1 aromatic rings. The Labute approximate surface area is 119 Å². The largest absolute Gasteiger partial charge is 0.316 e. The van der Waals surface area contributed by atoms with E-state index in [0.717, 1.165) is 32.6 Å². The molecule has 0 heterocycles. The molecular weight excluding hydrogens is 232 g/mol. The summed E-state index contributed by atoms with van der Waals surface area (Å²) in [4.78, 5) is 2.48. The molecule has 1 aromatic carbocycles. The van der Waals surface area contributed by atoms with Crippen LogP contribution in [0.2, 0.25) is 0 Å². The van der Waals surface area contributed by atoms with Gasteiger partial charge in [-0.25, -0.2) is 0 Å². The van der Waals surface area contributed by atoms with Crippen LogP contribution in [-0.4, -0.2) is 30.6 Å². The van der Waals surface area contributed by atoms with Crippen molar-refractivity contribution >= 4 is 0 Å². The molecule has 1 rings (SSSR count). The topological polar surface area (TPSA) is 15.3 Å². The average molecular weight is 262 g/mol. The monoisotopic (exact) mass is 262 g/mol. The van der Waals surface area contributed by atoms with Gasteiger partial charge in [-0.1, -0.05) is 38.1 Å². The summed E-state index contributed by atoms with van der Waals surface area (Å²) in [5, 5.41) is 3.45. The SMILES string of the molecule is CCCNCCc1ccc(CN(CC)C(C)C)cc1. The molecule has 0 spiro atoms. The molecule has 0 aliphatic heterocycles. The van der Waals surface area contributed by atoms with Crippen LogP contribution in [0, 0.1) is 0 Å². The highest BCUT2D eigenvalue weighted by Gasteiger charge is 2.07. The summed E-state index contributed by atoms with van der Waals surface area (Å²) >= 11 is 0. The summed E-state index contributed by atoms with van der Waals surface area (Å²) in [6.45, 7) is 13.3. The fraction of sp³-hybridized carbons (Fsp3) is 0.647. The second-order valence-electron chi connectivity index (χ2n) is 5.47. The lowest BCUT2D eigenvalue weighted by Crippen LogP contribution is -2.29. The van der Waals surface area contributed by atoms with Gasteiger partial charge < -0.3 is 5.32 Å². The first-order valence-electron chi connectivity index (χ1n) is 7.70. The Kier molecular flexibility index (Phi) is 7.76. The summed E-state index contributed by atoms with van der Waals surface area (Å²) in [5.41, 5.74) is 2.85. The highest BCUT2D eigenvalue weighted by Crippen LogP contribution is 2.10. The summed E-state index contributed by atoms with van der Waals surface area (Å²) in [5.74, 6) is 0. The van der Waals surface area contributed by atoms with Gasteiger partial charge in [0.05, 0.1) is 0 Å². The zero-order valence-corrected chi connectivity index (χ0v) is 13.1. The van der Waals surface area contributed by atoms with E-state index in [-0.39, 0.29) is 0 Å². The van der Waals surface area contributed by atoms with E-state index in [1.54, 1.807) is 0 Å². The molecule has 2 nitrogen and oxygen atoms in total. The molecule has 0 aliphatic rings. The lowest BCUT2D eigenvalue weighted by molar-refractivity contribution is 0.225. The summed E-state index contributed by atoms with van der Waals surface area (Å²) < 4.78 is 0. The van der Waals surface area contributed by atoms with Gasteiger partial charge in [0.2, 0.25) is 0 Å². The van der Waals surface area contributed by atoms with E-state index >= 15 is 0 Å². The lowest BCUT2D eigenvalue weighted by Gasteiger charge is -2.24. The fourth-order valence-corrected chi connectivity index (χ4v) is 2.24. The standard InChI is InChI=1S/C17H30N2/c1-5-12-18-13-11-16-7-9-17(10-8-16)14-19(6-2)15(3)4/h7-10,15,18H,5-6,11-14H2,1-4H3. The summed E-state index contributed by atoms with van der Waals surface area (Å²) in [6.07, 6.45) is 2.34. The molecule has 1 N–H and O–H groups in total. The first kappa shape index (κ1) is 16.2. The van der Waals surface area contributed by atoms with Crippen molar-refractivity contribution < 1.29 is 0 Å². The van der Waals surface area contributed by atoms with Gasteiger partial charge in [-0.2, -0.15) is 0 Å². The van der Waals surface area contributed by atoms with Gasteiger partial charge in [-0.05, 0) is 57.5 Å². The molecule has 0 unspecified atom stereocenters. The van der Waals surface area contributed by atoms with Crippen molar-refractivity contribution in [1.82, 2.24) is 10.2 Å². The molecule has 0 saturated carbocycles. The van der Waals surface area contributed by atoms with Crippen LogP contribution in [0.1, 0.15) is 45.2 Å². The lowest BCUT2D eigenvalue weighted by atomic mass is 10.1. The highest BCUT2D eigenvalue weighted by molar-refractivity contribution is 5.22. The number of rotatable bonds is 9. The molecular formula is C17H30N2. The third kappa shape index (κ3) is 6.22. The quantitative estimate of drug-likeness (QED) is 0.686. The molecule has 0 saturated heterocycles. The highest BCUT2D eigenvalue weighted by atomic mass is 15.1. The predicted molar refractivity (Wildman–Crippen MR) is 84.5 cm³/mol. The van der Waals surface area contributed by atoms with Crippen molar-refractivity contribution in [3.05, 3.63) is 35.4 Å². The number of nitrogens with zero attached hydrogens (tertiary/aromatic N) is 1. The van der Waals surface area contributed by atoms with Crippen LogP contribution < -0.4 is 5.32 Å². The van der Waals surface area contributed by atoms with E-state index in [1.165, 1.54) is 17.5 Å². The van der Waals surface area contributed by atoms with Crippen LogP contribution in [0.5, 0.6) is 0 Å². The molecule has 0 fully saturated rings. The Morgan fingerprint density at radius 3 is 2.16 bits per heavy atom. The molecule has 108 valence electrons. The first-order valence-corrected chi connectivity index (χ1v) is 7.70. The normalized spacial score (nSPS) is 11.5. The van der Waals surface area contributed by atoms with E-state index in [1.807, 2.05) is 0 Å². The maximum absolute atomic E-state index is 3.45. The fourth-order valence-electron chi connectivity index (χ4n) is 2.24. The molecule has 0 radical (unpaired) electrons. The van der Waals surface area contributed by atoms with Crippen molar-refractivity contribution in [2.75, 3.05) is 19.6 Å². The summed E-state index contributed by atoms with van der Waals surface area (Å²) in [6, 6.07) is 9.72. The minimum atomic E-state index is 0.614. The number of hydrogen-bond acceptors (Lipinski definition) is 2. The Bertz CT molecular complexity index is 330. The maximum atomic E-state index is 3.45. The zero-order chi connectivity index (χ0) is 14.1. The van der Waals surface area contributed by atoms with E-state index in [4.69, 9.17) is 0 Å². The number of hydrogen-bond donors (Lipinski definition) is 1. The van der Waals surface area contributed by atoms with Crippen molar-refractivity contribution in [2.45, 2.75) is 53.1 Å². The van der Waals surface area contributed by atoms with E-state index in [0.29, 0.717) is 6.04 Å². The second-order valence-corrected chi connectivity index (χ2v) is 5.47. The van der Waals surface area contributed by atoms with Crippen LogP contribution in [-0.2, 0) is 13.0 Å². The van der Waals surface area contributed by atoms with Gasteiger partial charge >= 0.3 is 0 Å². The minimum Gasteiger partial charge on any atom is -0.316 e. The van der Waals surface area contributed by atoms with Crippen LogP contribution >= 0.6 is 0 Å². The van der Waals surface area contributed by atoms with Crippen LogP contribution in [0.25, 0.3) is 0 Å². The van der Waals surface area contributed by atoms with Gasteiger partial charge in [0, 0.05) is 12.6 Å². The van der Waals surface area contributed by atoms with E-state index < -0.39 is 0 Å². The zero-order valence-electron chi connectivity index (χ0n) is 13.1. The van der Waals surface area contributed by atoms with Crippen LogP contribution in [0.4, 0.5) is 0 Å². The molecule has 0 atom stereocenters. The van der Waals surface area contributed by atoms with Gasteiger partial charge in [0.1, 0.15) is 0 Å². The third-order valence-corrected chi connectivity index (χ3v) is 3.56. The Hall–Kier alpha value is -0.860. The molecule has 0 amide bonds. The molecule has 0 aromatic heterocycles. The van der Waals surface area contributed by atoms with E-state index in [9.17, 15) is 0 Å². The average Bonchev–Trinajstić information content (AvgIpc) is 2.42. The van der Waals surface area contributed by atoms with Crippen molar-refractivity contribution in [3.8, 4) is 0 Å². The maximum Gasteiger partial charge on any atom is 0.0236 e.